The molecule has 0 bridgehead atoms. The van der Waals surface area contributed by atoms with E-state index in [0.29, 0.717) is 25.2 Å². The summed E-state index contributed by atoms with van der Waals surface area (Å²) in [5.41, 5.74) is 1.38. The monoisotopic (exact) mass is 308 g/mol. The molecule has 124 valence electrons. The molecular weight excluding hydrogens is 280 g/mol. The van der Waals surface area contributed by atoms with Crippen LogP contribution in [0, 0.1) is 11.3 Å². The Kier molecular flexibility index (Phi) is 4.73. The lowest BCUT2D eigenvalue weighted by Crippen LogP contribution is -2.50. The van der Waals surface area contributed by atoms with Crippen LogP contribution < -0.4 is 5.32 Å². The minimum absolute atomic E-state index is 0.00572. The summed E-state index contributed by atoms with van der Waals surface area (Å²) in [7, 11) is 0. The first-order valence-electron chi connectivity index (χ1n) is 8.48. The van der Waals surface area contributed by atoms with Crippen molar-refractivity contribution < 1.29 is 14.3 Å². The lowest BCUT2D eigenvalue weighted by molar-refractivity contribution is 0.0449. The number of nitrogens with zero attached hydrogens (tertiary/aromatic N) is 1. The largest absolute Gasteiger partial charge is 0.378 e. The fourth-order valence-corrected chi connectivity index (χ4v) is 3.73. The highest BCUT2D eigenvalue weighted by Gasteiger charge is 2.36. The number of rotatable bonds is 3. The molecule has 0 saturated carbocycles. The number of carbonyl (C=O) groups excluding carboxylic acids is 1. The highest BCUT2D eigenvalue weighted by Crippen LogP contribution is 2.31. The second kappa shape index (κ2) is 6.59. The number of fused-ring (bicyclic) bond motifs is 1. The molecule has 2 atom stereocenters. The second-order valence-electron chi connectivity index (χ2n) is 7.29. The van der Waals surface area contributed by atoms with Crippen molar-refractivity contribution in [3.8, 4) is 0 Å². The van der Waals surface area contributed by atoms with E-state index in [2.05, 4.69) is 25.2 Å². The third-order valence-electron chi connectivity index (χ3n) is 5.29. The number of hydrogen-bond donors (Lipinski definition) is 1. The number of hydrogen-bond acceptors (Lipinski definition) is 3. The van der Waals surface area contributed by atoms with Crippen molar-refractivity contribution >= 4 is 6.03 Å². The van der Waals surface area contributed by atoms with Gasteiger partial charge in [0.25, 0.3) is 0 Å². The van der Waals surface area contributed by atoms with Crippen molar-refractivity contribution in [2.75, 3.05) is 39.5 Å². The number of carbonyl (C=O) groups is 1. The molecule has 3 rings (SSSR count). The molecule has 0 spiro atoms. The molecule has 0 aromatic heterocycles. The van der Waals surface area contributed by atoms with Gasteiger partial charge in [-0.3, -0.25) is 0 Å². The summed E-state index contributed by atoms with van der Waals surface area (Å²) in [6.07, 6.45) is 5.58. The zero-order valence-electron chi connectivity index (χ0n) is 13.8. The predicted molar refractivity (Wildman–Crippen MR) is 84.7 cm³/mol. The highest BCUT2D eigenvalue weighted by atomic mass is 16.5. The lowest BCUT2D eigenvalue weighted by Gasteiger charge is -2.36. The van der Waals surface area contributed by atoms with Crippen LogP contribution >= 0.6 is 0 Å². The van der Waals surface area contributed by atoms with E-state index < -0.39 is 0 Å². The molecule has 3 heterocycles. The standard InChI is InChI=1S/C17H28N2O3/c1-17(2,14-5-8-21-9-6-14)12-18-16(20)19-7-3-15-13(11-19)4-10-22-15/h5,13,15H,3-4,6-12H2,1-2H3,(H,18,20)/t13-,15+/m1/s1. The van der Waals surface area contributed by atoms with Crippen molar-refractivity contribution in [1.29, 1.82) is 0 Å². The quantitative estimate of drug-likeness (QED) is 0.813. The van der Waals surface area contributed by atoms with Gasteiger partial charge >= 0.3 is 6.03 Å². The first-order chi connectivity index (χ1) is 10.6. The first kappa shape index (κ1) is 15.8. The maximum Gasteiger partial charge on any atom is 0.317 e. The second-order valence-corrected chi connectivity index (χ2v) is 7.29. The third-order valence-corrected chi connectivity index (χ3v) is 5.29. The topological polar surface area (TPSA) is 50.8 Å². The molecule has 22 heavy (non-hydrogen) atoms. The van der Waals surface area contributed by atoms with Gasteiger partial charge in [-0.1, -0.05) is 25.5 Å². The van der Waals surface area contributed by atoms with Gasteiger partial charge in [0, 0.05) is 37.6 Å². The SMILES string of the molecule is CC(C)(CNC(=O)N1CC[C@@H]2OCC[C@@H]2C1)C1=CCOCC1. The Morgan fingerprint density at radius 2 is 2.27 bits per heavy atom. The maximum atomic E-state index is 12.4. The molecule has 2 fully saturated rings. The molecule has 5 heteroatoms. The summed E-state index contributed by atoms with van der Waals surface area (Å²) in [4.78, 5) is 14.4. The normalized spacial score (nSPS) is 29.0. The summed E-state index contributed by atoms with van der Waals surface area (Å²) in [5, 5.41) is 3.13. The van der Waals surface area contributed by atoms with Gasteiger partial charge in [-0.2, -0.15) is 0 Å². The molecule has 3 aliphatic rings. The number of likely N-dealkylation sites (tertiary alicyclic amines) is 1. The number of ether oxygens (including phenoxy) is 2. The van der Waals surface area contributed by atoms with E-state index >= 15 is 0 Å². The average molecular weight is 308 g/mol. The molecular formula is C17H28N2O3. The van der Waals surface area contributed by atoms with Gasteiger partial charge in [-0.05, 0) is 19.3 Å². The zero-order valence-corrected chi connectivity index (χ0v) is 13.8. The molecule has 0 radical (unpaired) electrons. The van der Waals surface area contributed by atoms with E-state index in [9.17, 15) is 4.79 Å². The number of urea groups is 1. The molecule has 0 aromatic carbocycles. The van der Waals surface area contributed by atoms with Gasteiger partial charge < -0.3 is 19.7 Å². The van der Waals surface area contributed by atoms with Crippen LogP contribution in [0.2, 0.25) is 0 Å². The summed E-state index contributed by atoms with van der Waals surface area (Å²) in [6, 6.07) is 0.0751. The Bertz CT molecular complexity index is 447. The van der Waals surface area contributed by atoms with Crippen molar-refractivity contribution in [2.45, 2.75) is 39.2 Å². The Labute approximate surface area is 133 Å². The van der Waals surface area contributed by atoms with Crippen LogP contribution in [-0.4, -0.2) is 56.5 Å². The van der Waals surface area contributed by atoms with E-state index in [1.807, 2.05) is 4.90 Å². The van der Waals surface area contributed by atoms with E-state index in [0.717, 1.165) is 45.6 Å². The minimum atomic E-state index is -0.00572. The maximum absolute atomic E-state index is 12.4. The zero-order chi connectivity index (χ0) is 15.6. The Morgan fingerprint density at radius 3 is 3.05 bits per heavy atom. The van der Waals surface area contributed by atoms with Gasteiger partial charge in [-0.15, -0.1) is 0 Å². The van der Waals surface area contributed by atoms with Crippen molar-refractivity contribution in [3.05, 3.63) is 11.6 Å². The van der Waals surface area contributed by atoms with Crippen LogP contribution in [0.5, 0.6) is 0 Å². The highest BCUT2D eigenvalue weighted by molar-refractivity contribution is 5.74. The van der Waals surface area contributed by atoms with Crippen LogP contribution in [0.25, 0.3) is 0 Å². The molecule has 0 aliphatic carbocycles. The smallest absolute Gasteiger partial charge is 0.317 e. The molecule has 2 amide bonds. The van der Waals surface area contributed by atoms with Gasteiger partial charge in [-0.25, -0.2) is 4.79 Å². The molecule has 0 aromatic rings. The Balaban J connectivity index is 1.50. The minimum Gasteiger partial charge on any atom is -0.378 e. The van der Waals surface area contributed by atoms with E-state index in [1.54, 1.807) is 0 Å². The van der Waals surface area contributed by atoms with E-state index in [1.165, 1.54) is 5.57 Å². The van der Waals surface area contributed by atoms with Crippen LogP contribution in [0.4, 0.5) is 4.79 Å². The van der Waals surface area contributed by atoms with Crippen LogP contribution in [-0.2, 0) is 9.47 Å². The van der Waals surface area contributed by atoms with Crippen molar-refractivity contribution in [3.63, 3.8) is 0 Å². The van der Waals surface area contributed by atoms with E-state index in [-0.39, 0.29) is 11.4 Å². The summed E-state index contributed by atoms with van der Waals surface area (Å²) >= 11 is 0. The Hall–Kier alpha value is -1.07. The van der Waals surface area contributed by atoms with E-state index in [4.69, 9.17) is 9.47 Å². The fraction of sp³-hybridized carbons (Fsp3) is 0.824. The summed E-state index contributed by atoms with van der Waals surface area (Å²) < 4.78 is 11.1. The molecule has 1 N–H and O–H groups in total. The van der Waals surface area contributed by atoms with Crippen LogP contribution in [0.15, 0.2) is 11.6 Å². The fourth-order valence-electron chi connectivity index (χ4n) is 3.73. The Morgan fingerprint density at radius 1 is 1.41 bits per heavy atom. The lowest BCUT2D eigenvalue weighted by atomic mass is 9.81. The summed E-state index contributed by atoms with van der Waals surface area (Å²) in [6.45, 7) is 9.06. The van der Waals surface area contributed by atoms with Crippen molar-refractivity contribution in [2.24, 2.45) is 11.3 Å². The van der Waals surface area contributed by atoms with Crippen LogP contribution in [0.1, 0.15) is 33.1 Å². The average Bonchev–Trinajstić information content (AvgIpc) is 3.01. The first-order valence-corrected chi connectivity index (χ1v) is 8.48. The van der Waals surface area contributed by atoms with Gasteiger partial charge in [0.15, 0.2) is 0 Å². The van der Waals surface area contributed by atoms with Crippen LogP contribution in [0.3, 0.4) is 0 Å². The summed E-state index contributed by atoms with van der Waals surface area (Å²) in [5.74, 6) is 0.533. The molecule has 0 unspecified atom stereocenters. The third kappa shape index (κ3) is 3.46. The predicted octanol–water partition coefficient (Wildman–Crippen LogP) is 2.18. The van der Waals surface area contributed by atoms with Gasteiger partial charge in [0.2, 0.25) is 0 Å². The van der Waals surface area contributed by atoms with Gasteiger partial charge in [0.1, 0.15) is 0 Å². The van der Waals surface area contributed by atoms with Crippen molar-refractivity contribution in [1.82, 2.24) is 10.2 Å². The molecule has 5 nitrogen and oxygen atoms in total. The number of amides is 2. The van der Waals surface area contributed by atoms with Gasteiger partial charge in [0.05, 0.1) is 19.3 Å². The molecule has 3 aliphatic heterocycles. The molecule has 2 saturated heterocycles. The number of piperidine rings is 1. The number of nitrogens with one attached hydrogen (secondary N) is 1.